The summed E-state index contributed by atoms with van der Waals surface area (Å²) < 4.78 is 0. The lowest BCUT2D eigenvalue weighted by atomic mass is 10.1. The van der Waals surface area contributed by atoms with Gasteiger partial charge in [0.2, 0.25) is 5.91 Å². The van der Waals surface area contributed by atoms with Crippen molar-refractivity contribution in [2.45, 2.75) is 19.8 Å². The second-order valence-corrected chi connectivity index (χ2v) is 3.56. The summed E-state index contributed by atoms with van der Waals surface area (Å²) in [6, 6.07) is 3.87. The molecule has 1 aromatic heterocycles. The number of aryl methyl sites for hydroxylation is 1. The number of likely N-dealkylation sites (N-methyl/N-ethyl adjacent to an activating group) is 1. The Morgan fingerprint density at radius 3 is 3.00 bits per heavy atom. The zero-order valence-corrected chi connectivity index (χ0v) is 9.70. The molecule has 1 amide bonds. The summed E-state index contributed by atoms with van der Waals surface area (Å²) >= 11 is 0. The van der Waals surface area contributed by atoms with Crippen molar-refractivity contribution in [2.24, 2.45) is 0 Å². The highest BCUT2D eigenvalue weighted by Crippen LogP contribution is 1.99. The monoisotopic (exact) mass is 221 g/mol. The van der Waals surface area contributed by atoms with E-state index in [2.05, 4.69) is 15.6 Å². The third-order valence-electron chi connectivity index (χ3n) is 2.24. The number of hydrogen-bond donors (Lipinski definition) is 2. The van der Waals surface area contributed by atoms with Crippen LogP contribution in [0.3, 0.4) is 0 Å². The third kappa shape index (κ3) is 5.46. The van der Waals surface area contributed by atoms with E-state index in [-0.39, 0.29) is 5.91 Å². The summed E-state index contributed by atoms with van der Waals surface area (Å²) in [6.45, 7) is 4.50. The Balaban J connectivity index is 2.11. The maximum absolute atomic E-state index is 11.4. The molecule has 16 heavy (non-hydrogen) atoms. The normalized spacial score (nSPS) is 10.1. The molecule has 2 N–H and O–H groups in total. The minimum absolute atomic E-state index is 0.0988. The minimum atomic E-state index is 0.0988. The van der Waals surface area contributed by atoms with E-state index >= 15 is 0 Å². The standard InChI is InChI=1S/C12H19N3O/c1-2-13-8-9-15-12(16)6-5-11-4-3-7-14-10-11/h3-4,7,10,13H,2,5-6,8-9H2,1H3,(H,15,16). The number of rotatable bonds is 7. The first-order chi connectivity index (χ1) is 7.83. The number of pyridine rings is 1. The van der Waals surface area contributed by atoms with Crippen LogP contribution in [0, 0.1) is 0 Å². The predicted octanol–water partition coefficient (Wildman–Crippen LogP) is 0.740. The van der Waals surface area contributed by atoms with E-state index in [0.29, 0.717) is 13.0 Å². The first-order valence-electron chi connectivity index (χ1n) is 5.69. The van der Waals surface area contributed by atoms with Crippen molar-refractivity contribution >= 4 is 5.91 Å². The molecule has 0 aliphatic heterocycles. The lowest BCUT2D eigenvalue weighted by Crippen LogP contribution is -2.31. The lowest BCUT2D eigenvalue weighted by molar-refractivity contribution is -0.121. The maximum Gasteiger partial charge on any atom is 0.220 e. The van der Waals surface area contributed by atoms with Gasteiger partial charge in [0, 0.05) is 31.9 Å². The molecule has 0 aliphatic carbocycles. The average Bonchev–Trinajstić information content (AvgIpc) is 2.33. The summed E-state index contributed by atoms with van der Waals surface area (Å²) in [4.78, 5) is 15.4. The highest BCUT2D eigenvalue weighted by atomic mass is 16.1. The van der Waals surface area contributed by atoms with Crippen molar-refractivity contribution in [3.05, 3.63) is 30.1 Å². The van der Waals surface area contributed by atoms with E-state index in [1.165, 1.54) is 0 Å². The van der Waals surface area contributed by atoms with Gasteiger partial charge < -0.3 is 10.6 Å². The fourth-order valence-corrected chi connectivity index (χ4v) is 1.36. The molecule has 4 heteroatoms. The number of nitrogens with zero attached hydrogens (tertiary/aromatic N) is 1. The Morgan fingerprint density at radius 1 is 1.44 bits per heavy atom. The Kier molecular flexibility index (Phi) is 6.18. The van der Waals surface area contributed by atoms with E-state index in [1.807, 2.05) is 19.1 Å². The zero-order chi connectivity index (χ0) is 11.6. The number of carbonyl (C=O) groups is 1. The van der Waals surface area contributed by atoms with Gasteiger partial charge >= 0.3 is 0 Å². The summed E-state index contributed by atoms with van der Waals surface area (Å²) in [7, 11) is 0. The van der Waals surface area contributed by atoms with Crippen molar-refractivity contribution in [2.75, 3.05) is 19.6 Å². The van der Waals surface area contributed by atoms with Gasteiger partial charge in [-0.05, 0) is 24.6 Å². The molecule has 88 valence electrons. The molecule has 4 nitrogen and oxygen atoms in total. The van der Waals surface area contributed by atoms with Crippen molar-refractivity contribution in [1.82, 2.24) is 15.6 Å². The van der Waals surface area contributed by atoms with Crippen molar-refractivity contribution in [1.29, 1.82) is 0 Å². The van der Waals surface area contributed by atoms with Crippen LogP contribution in [0.1, 0.15) is 18.9 Å². The summed E-state index contributed by atoms with van der Waals surface area (Å²) in [6.07, 6.45) is 4.81. The number of hydrogen-bond acceptors (Lipinski definition) is 3. The molecule has 0 radical (unpaired) electrons. The summed E-state index contributed by atoms with van der Waals surface area (Å²) in [5.74, 6) is 0.0988. The summed E-state index contributed by atoms with van der Waals surface area (Å²) in [5, 5.41) is 6.02. The van der Waals surface area contributed by atoms with Crippen LogP contribution in [0.25, 0.3) is 0 Å². The van der Waals surface area contributed by atoms with E-state index in [0.717, 1.165) is 25.1 Å². The van der Waals surface area contributed by atoms with Crippen LogP contribution in [-0.4, -0.2) is 30.5 Å². The van der Waals surface area contributed by atoms with Gasteiger partial charge in [-0.1, -0.05) is 13.0 Å². The van der Waals surface area contributed by atoms with E-state index in [4.69, 9.17) is 0 Å². The van der Waals surface area contributed by atoms with Crippen LogP contribution < -0.4 is 10.6 Å². The average molecular weight is 221 g/mol. The van der Waals surface area contributed by atoms with Crippen LogP contribution in [0.2, 0.25) is 0 Å². The van der Waals surface area contributed by atoms with E-state index in [9.17, 15) is 4.79 Å². The predicted molar refractivity (Wildman–Crippen MR) is 64.1 cm³/mol. The molecule has 0 aromatic carbocycles. The molecule has 0 fully saturated rings. The molecule has 0 spiro atoms. The van der Waals surface area contributed by atoms with E-state index < -0.39 is 0 Å². The molecule has 0 aliphatic rings. The van der Waals surface area contributed by atoms with Gasteiger partial charge in [0.05, 0.1) is 0 Å². The molecule has 0 bridgehead atoms. The molecule has 0 unspecified atom stereocenters. The van der Waals surface area contributed by atoms with Crippen LogP contribution in [0.5, 0.6) is 0 Å². The smallest absolute Gasteiger partial charge is 0.220 e. The zero-order valence-electron chi connectivity index (χ0n) is 9.70. The SMILES string of the molecule is CCNCCNC(=O)CCc1cccnc1. The maximum atomic E-state index is 11.4. The number of amides is 1. The Labute approximate surface area is 96.5 Å². The fraction of sp³-hybridized carbons (Fsp3) is 0.500. The van der Waals surface area contributed by atoms with Crippen LogP contribution in [-0.2, 0) is 11.2 Å². The first kappa shape index (κ1) is 12.6. The Morgan fingerprint density at radius 2 is 2.31 bits per heavy atom. The molecular formula is C12H19N3O. The van der Waals surface area contributed by atoms with Crippen LogP contribution in [0.15, 0.2) is 24.5 Å². The number of nitrogens with one attached hydrogen (secondary N) is 2. The lowest BCUT2D eigenvalue weighted by Gasteiger charge is -2.05. The molecule has 1 rings (SSSR count). The van der Waals surface area contributed by atoms with Crippen molar-refractivity contribution in [3.8, 4) is 0 Å². The van der Waals surface area contributed by atoms with Crippen LogP contribution in [0.4, 0.5) is 0 Å². The molecule has 0 saturated carbocycles. The number of carbonyl (C=O) groups excluding carboxylic acids is 1. The topological polar surface area (TPSA) is 54.0 Å². The quantitative estimate of drug-likeness (QED) is 0.668. The van der Waals surface area contributed by atoms with Gasteiger partial charge in [-0.25, -0.2) is 0 Å². The second-order valence-electron chi connectivity index (χ2n) is 3.56. The van der Waals surface area contributed by atoms with Gasteiger partial charge in [0.15, 0.2) is 0 Å². The molecule has 1 heterocycles. The van der Waals surface area contributed by atoms with E-state index in [1.54, 1.807) is 12.4 Å². The fourth-order valence-electron chi connectivity index (χ4n) is 1.36. The largest absolute Gasteiger partial charge is 0.355 e. The van der Waals surface area contributed by atoms with Gasteiger partial charge in [0.1, 0.15) is 0 Å². The van der Waals surface area contributed by atoms with Crippen LogP contribution >= 0.6 is 0 Å². The molecule has 1 aromatic rings. The highest BCUT2D eigenvalue weighted by Gasteiger charge is 2.00. The minimum Gasteiger partial charge on any atom is -0.355 e. The third-order valence-corrected chi connectivity index (χ3v) is 2.24. The molecule has 0 saturated heterocycles. The highest BCUT2D eigenvalue weighted by molar-refractivity contribution is 5.76. The Hall–Kier alpha value is -1.42. The van der Waals surface area contributed by atoms with Gasteiger partial charge in [-0.3, -0.25) is 9.78 Å². The van der Waals surface area contributed by atoms with Gasteiger partial charge in [0.25, 0.3) is 0 Å². The molecule has 0 atom stereocenters. The molecular weight excluding hydrogens is 202 g/mol. The summed E-state index contributed by atoms with van der Waals surface area (Å²) in [5.41, 5.74) is 1.10. The van der Waals surface area contributed by atoms with Gasteiger partial charge in [-0.2, -0.15) is 0 Å². The van der Waals surface area contributed by atoms with Crippen molar-refractivity contribution in [3.63, 3.8) is 0 Å². The number of aromatic nitrogens is 1. The first-order valence-corrected chi connectivity index (χ1v) is 5.69. The Bertz CT molecular complexity index is 300. The van der Waals surface area contributed by atoms with Crippen molar-refractivity contribution < 1.29 is 4.79 Å². The second kappa shape index (κ2) is 7.82. The van der Waals surface area contributed by atoms with Gasteiger partial charge in [-0.15, -0.1) is 0 Å².